The molecular weight excluding hydrogens is 222 g/mol. The third-order valence-corrected chi connectivity index (χ3v) is 1.88. The highest BCUT2D eigenvalue weighted by molar-refractivity contribution is 5.82. The molecule has 1 rings (SSSR count). The van der Waals surface area contributed by atoms with Crippen molar-refractivity contribution in [2.75, 3.05) is 7.11 Å². The minimum atomic E-state index is 0.853. The number of hydrogen-bond donors (Lipinski definition) is 1. The molecule has 0 aliphatic rings. The number of allylic oxidation sites excluding steroid dienone is 2. The lowest BCUT2D eigenvalue weighted by Gasteiger charge is -2.02. The van der Waals surface area contributed by atoms with Crippen LogP contribution in [0.5, 0.6) is 5.75 Å². The molecule has 1 aromatic rings. The molecule has 0 bridgehead atoms. The molecule has 0 saturated heterocycles. The quantitative estimate of drug-likeness (QED) is 0.735. The van der Waals surface area contributed by atoms with Crippen molar-refractivity contribution >= 4 is 11.8 Å². The molecule has 0 amide bonds. The third kappa shape index (κ3) is 8.57. The highest BCUT2D eigenvalue weighted by Gasteiger charge is 1.94. The molecule has 0 fully saturated rings. The van der Waals surface area contributed by atoms with Crippen molar-refractivity contribution in [2.45, 2.75) is 41.0 Å². The first-order valence-electron chi connectivity index (χ1n) is 6.51. The first-order chi connectivity index (χ1) is 8.69. The fraction of sp³-hybridized carbons (Fsp3) is 0.438. The van der Waals surface area contributed by atoms with Gasteiger partial charge >= 0.3 is 0 Å². The normalized spacial score (nSPS) is 9.33. The molecule has 1 aromatic carbocycles. The Balaban J connectivity index is 0. The monoisotopic (exact) mass is 249 g/mol. The summed E-state index contributed by atoms with van der Waals surface area (Å²) in [4.78, 5) is 0. The van der Waals surface area contributed by atoms with Crippen molar-refractivity contribution in [1.82, 2.24) is 0 Å². The average Bonchev–Trinajstić information content (AvgIpc) is 2.42. The average molecular weight is 249 g/mol. The van der Waals surface area contributed by atoms with E-state index in [2.05, 4.69) is 13.8 Å². The van der Waals surface area contributed by atoms with Crippen LogP contribution in [-0.4, -0.2) is 13.3 Å². The Bertz CT molecular complexity index is 325. The standard InChI is InChI=1S/C11H13NO.C3H8.C2H6/c1-9(7-8-12)10-3-5-11(13-2)6-4-10;1-3-2;1-2/h3-8,12H,1-2H3;3H2,1-2H3;1-2H3/b9-7+,12-8?;;. The maximum absolute atomic E-state index is 6.93. The van der Waals surface area contributed by atoms with Gasteiger partial charge in [-0.1, -0.05) is 46.2 Å². The van der Waals surface area contributed by atoms with Gasteiger partial charge < -0.3 is 10.1 Å². The van der Waals surface area contributed by atoms with E-state index in [0.717, 1.165) is 16.9 Å². The Hall–Kier alpha value is -1.57. The summed E-state index contributed by atoms with van der Waals surface area (Å²) in [6, 6.07) is 7.79. The summed E-state index contributed by atoms with van der Waals surface area (Å²) in [5.41, 5.74) is 2.20. The number of rotatable bonds is 3. The number of nitrogens with one attached hydrogen (secondary N) is 1. The molecule has 1 N–H and O–H groups in total. The summed E-state index contributed by atoms with van der Waals surface area (Å²) < 4.78 is 5.04. The summed E-state index contributed by atoms with van der Waals surface area (Å²) >= 11 is 0. The molecule has 0 unspecified atom stereocenters. The van der Waals surface area contributed by atoms with Gasteiger partial charge in [-0.2, -0.15) is 0 Å². The van der Waals surface area contributed by atoms with Gasteiger partial charge in [-0.3, -0.25) is 0 Å². The summed E-state index contributed by atoms with van der Waals surface area (Å²) in [6.07, 6.45) is 4.31. The fourth-order valence-electron chi connectivity index (χ4n) is 1.08. The van der Waals surface area contributed by atoms with Crippen LogP contribution in [0.25, 0.3) is 5.57 Å². The number of hydrogen-bond acceptors (Lipinski definition) is 2. The topological polar surface area (TPSA) is 33.1 Å². The molecule has 0 spiro atoms. The lowest BCUT2D eigenvalue weighted by molar-refractivity contribution is 0.415. The second kappa shape index (κ2) is 13.5. The molecule has 2 nitrogen and oxygen atoms in total. The molecule has 0 aliphatic heterocycles. The van der Waals surface area contributed by atoms with Gasteiger partial charge in [0.25, 0.3) is 0 Å². The maximum Gasteiger partial charge on any atom is 0.118 e. The van der Waals surface area contributed by atoms with Crippen LogP contribution in [0.1, 0.15) is 46.6 Å². The Morgan fingerprint density at radius 3 is 1.94 bits per heavy atom. The zero-order valence-corrected chi connectivity index (χ0v) is 12.6. The van der Waals surface area contributed by atoms with E-state index < -0.39 is 0 Å². The predicted molar refractivity (Wildman–Crippen MR) is 82.7 cm³/mol. The van der Waals surface area contributed by atoms with Crippen LogP contribution in [0.2, 0.25) is 0 Å². The largest absolute Gasteiger partial charge is 0.497 e. The highest BCUT2D eigenvalue weighted by Crippen LogP contribution is 2.17. The summed E-state index contributed by atoms with van der Waals surface area (Å²) in [5, 5.41) is 6.93. The fourth-order valence-corrected chi connectivity index (χ4v) is 1.08. The molecule has 102 valence electrons. The second-order valence-corrected chi connectivity index (χ2v) is 3.45. The van der Waals surface area contributed by atoms with Gasteiger partial charge in [-0.25, -0.2) is 0 Å². The van der Waals surface area contributed by atoms with E-state index in [1.165, 1.54) is 12.6 Å². The minimum absolute atomic E-state index is 0.853. The van der Waals surface area contributed by atoms with Gasteiger partial charge in [-0.15, -0.1) is 0 Å². The Labute approximate surface area is 112 Å². The van der Waals surface area contributed by atoms with Crippen molar-refractivity contribution in [1.29, 1.82) is 5.41 Å². The molecule has 2 heteroatoms. The number of benzene rings is 1. The van der Waals surface area contributed by atoms with E-state index in [1.807, 2.05) is 45.0 Å². The van der Waals surface area contributed by atoms with E-state index in [4.69, 9.17) is 10.1 Å². The Kier molecular flexibility index (Phi) is 14.1. The van der Waals surface area contributed by atoms with Crippen LogP contribution in [0.15, 0.2) is 30.3 Å². The molecule has 0 aliphatic carbocycles. The van der Waals surface area contributed by atoms with Crippen molar-refractivity contribution in [3.05, 3.63) is 35.9 Å². The third-order valence-electron chi connectivity index (χ3n) is 1.88. The SMILES string of the molecule is CC.CCC.COc1ccc(/C(C)=C/C=N)cc1. The van der Waals surface area contributed by atoms with Crippen molar-refractivity contribution in [3.8, 4) is 5.75 Å². The van der Waals surface area contributed by atoms with Crippen LogP contribution in [0.3, 0.4) is 0 Å². The zero-order chi connectivity index (χ0) is 14.4. The van der Waals surface area contributed by atoms with E-state index in [9.17, 15) is 0 Å². The van der Waals surface area contributed by atoms with Gasteiger partial charge in [0.1, 0.15) is 5.75 Å². The predicted octanol–water partition coefficient (Wildman–Crippen LogP) is 5.19. The van der Waals surface area contributed by atoms with Gasteiger partial charge in [0.05, 0.1) is 7.11 Å². The van der Waals surface area contributed by atoms with Crippen molar-refractivity contribution in [2.24, 2.45) is 0 Å². The van der Waals surface area contributed by atoms with Gasteiger partial charge in [0.2, 0.25) is 0 Å². The summed E-state index contributed by atoms with van der Waals surface area (Å²) in [5.74, 6) is 0.853. The molecule has 0 aromatic heterocycles. The molecular formula is C16H27NO. The van der Waals surface area contributed by atoms with E-state index in [1.54, 1.807) is 13.2 Å². The lowest BCUT2D eigenvalue weighted by Crippen LogP contribution is -1.83. The smallest absolute Gasteiger partial charge is 0.118 e. The van der Waals surface area contributed by atoms with Gasteiger partial charge in [0.15, 0.2) is 0 Å². The van der Waals surface area contributed by atoms with Crippen LogP contribution >= 0.6 is 0 Å². The summed E-state index contributed by atoms with van der Waals surface area (Å²) in [7, 11) is 1.65. The maximum atomic E-state index is 6.93. The highest BCUT2D eigenvalue weighted by atomic mass is 16.5. The second-order valence-electron chi connectivity index (χ2n) is 3.45. The first kappa shape index (κ1) is 18.8. The molecule has 0 saturated carbocycles. The first-order valence-corrected chi connectivity index (χ1v) is 6.51. The van der Waals surface area contributed by atoms with Crippen LogP contribution in [0, 0.1) is 5.41 Å². The molecule has 18 heavy (non-hydrogen) atoms. The molecule has 0 atom stereocenters. The van der Waals surface area contributed by atoms with Crippen LogP contribution in [0.4, 0.5) is 0 Å². The molecule has 0 radical (unpaired) electrons. The van der Waals surface area contributed by atoms with Crippen LogP contribution < -0.4 is 4.74 Å². The Morgan fingerprint density at radius 2 is 1.61 bits per heavy atom. The number of methoxy groups -OCH3 is 1. The van der Waals surface area contributed by atoms with Crippen molar-refractivity contribution < 1.29 is 4.74 Å². The minimum Gasteiger partial charge on any atom is -0.497 e. The van der Waals surface area contributed by atoms with Crippen LogP contribution in [-0.2, 0) is 0 Å². The molecule has 0 heterocycles. The number of ether oxygens (including phenoxy) is 1. The van der Waals surface area contributed by atoms with E-state index in [0.29, 0.717) is 0 Å². The van der Waals surface area contributed by atoms with E-state index >= 15 is 0 Å². The van der Waals surface area contributed by atoms with Gasteiger partial charge in [0, 0.05) is 6.21 Å². The van der Waals surface area contributed by atoms with Gasteiger partial charge in [-0.05, 0) is 36.3 Å². The Morgan fingerprint density at radius 1 is 1.17 bits per heavy atom. The van der Waals surface area contributed by atoms with Crippen molar-refractivity contribution in [3.63, 3.8) is 0 Å². The van der Waals surface area contributed by atoms with E-state index in [-0.39, 0.29) is 0 Å². The lowest BCUT2D eigenvalue weighted by atomic mass is 10.1. The zero-order valence-electron chi connectivity index (χ0n) is 12.6. The summed E-state index contributed by atoms with van der Waals surface area (Å²) in [6.45, 7) is 10.2.